The Kier molecular flexibility index (Phi) is 3.57. The predicted molar refractivity (Wildman–Crippen MR) is 67.6 cm³/mol. The zero-order chi connectivity index (χ0) is 13.0. The number of benzene rings is 1. The molecule has 2 rings (SSSR count). The lowest BCUT2D eigenvalue weighted by Crippen LogP contribution is -1.93. The first-order valence-electron chi connectivity index (χ1n) is 4.94. The molecule has 0 bridgehead atoms. The minimum Gasteiger partial charge on any atom is -0.497 e. The molecular formula is C11H8N4O2S. The van der Waals surface area contributed by atoms with E-state index in [1.54, 1.807) is 12.5 Å². The summed E-state index contributed by atoms with van der Waals surface area (Å²) in [6, 6.07) is 7.32. The van der Waals surface area contributed by atoms with E-state index in [0.29, 0.717) is 5.01 Å². The van der Waals surface area contributed by atoms with Crippen LogP contribution in [0, 0.1) is 0 Å². The molecule has 0 saturated carbocycles. The summed E-state index contributed by atoms with van der Waals surface area (Å²) in [5.74, 6) is 0.0780. The monoisotopic (exact) mass is 260 g/mol. The van der Waals surface area contributed by atoms with Gasteiger partial charge in [0.2, 0.25) is 0 Å². The first-order chi connectivity index (χ1) is 8.74. The van der Waals surface area contributed by atoms with Crippen LogP contribution in [0.5, 0.6) is 5.75 Å². The fraction of sp³-hybridized carbons (Fsp3) is 0.0909. The largest absolute Gasteiger partial charge is 0.497 e. The molecule has 2 aromatic rings. The van der Waals surface area contributed by atoms with Crippen LogP contribution >= 0.6 is 11.3 Å². The molecule has 1 aromatic heterocycles. The Bertz CT molecular complexity index is 614. The lowest BCUT2D eigenvalue weighted by Gasteiger charge is -1.99. The zero-order valence-electron chi connectivity index (χ0n) is 9.40. The number of hydrogen-bond acceptors (Lipinski definition) is 4. The van der Waals surface area contributed by atoms with Crippen molar-refractivity contribution in [3.63, 3.8) is 0 Å². The number of rotatable bonds is 3. The van der Waals surface area contributed by atoms with Crippen molar-refractivity contribution in [2.75, 3.05) is 7.11 Å². The second-order valence-electron chi connectivity index (χ2n) is 3.26. The average Bonchev–Trinajstić information content (AvgIpc) is 2.89. The molecule has 1 aromatic carbocycles. The first-order valence-corrected chi connectivity index (χ1v) is 5.82. The molecule has 90 valence electrons. The molecule has 1 heterocycles. The molecule has 1 amide bonds. The molecule has 0 saturated heterocycles. The van der Waals surface area contributed by atoms with Crippen molar-refractivity contribution < 1.29 is 9.53 Å². The number of methoxy groups -OCH3 is 1. The minimum absolute atomic E-state index is 0.156. The lowest BCUT2D eigenvalue weighted by atomic mass is 10.2. The van der Waals surface area contributed by atoms with Crippen LogP contribution in [0.2, 0.25) is 0 Å². The fourth-order valence-electron chi connectivity index (χ4n) is 1.33. The van der Waals surface area contributed by atoms with Crippen LogP contribution in [-0.4, -0.2) is 18.0 Å². The number of azide groups is 1. The van der Waals surface area contributed by atoms with Gasteiger partial charge in [0.15, 0.2) is 0 Å². The Morgan fingerprint density at radius 1 is 1.44 bits per heavy atom. The summed E-state index contributed by atoms with van der Waals surface area (Å²) >= 11 is 1.31. The Morgan fingerprint density at radius 3 is 2.78 bits per heavy atom. The molecule has 7 heteroatoms. The van der Waals surface area contributed by atoms with Gasteiger partial charge in [0, 0.05) is 15.9 Å². The summed E-state index contributed by atoms with van der Waals surface area (Å²) in [4.78, 5) is 17.9. The normalized spacial score (nSPS) is 9.61. The fourth-order valence-corrected chi connectivity index (χ4v) is 2.13. The van der Waals surface area contributed by atoms with Gasteiger partial charge in [0.25, 0.3) is 5.91 Å². The van der Waals surface area contributed by atoms with Crippen LogP contribution < -0.4 is 4.74 Å². The van der Waals surface area contributed by atoms with E-state index in [9.17, 15) is 4.79 Å². The molecule has 6 nitrogen and oxygen atoms in total. The molecule has 0 atom stereocenters. The number of nitrogens with zero attached hydrogens (tertiary/aromatic N) is 4. The quantitative estimate of drug-likeness (QED) is 0.482. The molecule has 0 aliphatic rings. The number of carbonyl (C=O) groups excluding carboxylic acids is 1. The number of ether oxygens (including phenoxy) is 1. The second-order valence-corrected chi connectivity index (χ2v) is 4.12. The summed E-state index contributed by atoms with van der Waals surface area (Å²) in [6.45, 7) is 0. The molecule has 0 radical (unpaired) electrons. The number of thiazole rings is 1. The molecule has 0 fully saturated rings. The van der Waals surface area contributed by atoms with Crippen molar-refractivity contribution in [3.8, 4) is 16.3 Å². The van der Waals surface area contributed by atoms with E-state index in [-0.39, 0.29) is 5.69 Å². The average molecular weight is 260 g/mol. The van der Waals surface area contributed by atoms with Crippen LogP contribution in [0.3, 0.4) is 0 Å². The number of aromatic nitrogens is 1. The molecule has 0 spiro atoms. The van der Waals surface area contributed by atoms with Gasteiger partial charge >= 0.3 is 0 Å². The van der Waals surface area contributed by atoms with E-state index in [0.717, 1.165) is 11.3 Å². The van der Waals surface area contributed by atoms with Crippen molar-refractivity contribution in [2.45, 2.75) is 0 Å². The van der Waals surface area contributed by atoms with Crippen LogP contribution in [0.1, 0.15) is 10.5 Å². The summed E-state index contributed by atoms with van der Waals surface area (Å²) in [7, 11) is 1.59. The Labute approximate surface area is 106 Å². The van der Waals surface area contributed by atoms with Gasteiger partial charge in [-0.2, -0.15) is 0 Å². The van der Waals surface area contributed by atoms with Gasteiger partial charge in [0.1, 0.15) is 16.5 Å². The van der Waals surface area contributed by atoms with Crippen LogP contribution in [-0.2, 0) is 0 Å². The topological polar surface area (TPSA) is 88.0 Å². The Morgan fingerprint density at radius 2 is 2.17 bits per heavy atom. The van der Waals surface area contributed by atoms with E-state index in [2.05, 4.69) is 15.0 Å². The summed E-state index contributed by atoms with van der Waals surface area (Å²) in [5, 5.41) is 5.25. The highest BCUT2D eigenvalue weighted by Gasteiger charge is 2.10. The minimum atomic E-state index is -0.673. The van der Waals surface area contributed by atoms with Crippen molar-refractivity contribution in [1.82, 2.24) is 4.98 Å². The first kappa shape index (κ1) is 12.1. The maximum atomic E-state index is 11.3. The van der Waals surface area contributed by atoms with E-state index in [1.165, 1.54) is 11.3 Å². The molecule has 0 N–H and O–H groups in total. The van der Waals surface area contributed by atoms with E-state index < -0.39 is 5.91 Å². The SMILES string of the molecule is COc1ccc(-c2nc(C(=O)N=[N+]=[N-])cs2)cc1. The molecular weight excluding hydrogens is 252 g/mol. The van der Waals surface area contributed by atoms with Crippen molar-refractivity contribution in [1.29, 1.82) is 0 Å². The van der Waals surface area contributed by atoms with Gasteiger partial charge in [-0.1, -0.05) is 0 Å². The molecule has 0 aliphatic carbocycles. The van der Waals surface area contributed by atoms with Gasteiger partial charge in [-0.3, -0.25) is 4.79 Å². The van der Waals surface area contributed by atoms with Crippen molar-refractivity contribution in [3.05, 3.63) is 45.8 Å². The predicted octanol–water partition coefficient (Wildman–Crippen LogP) is 3.27. The van der Waals surface area contributed by atoms with Gasteiger partial charge in [-0.25, -0.2) is 4.98 Å². The third-order valence-electron chi connectivity index (χ3n) is 2.20. The maximum absolute atomic E-state index is 11.3. The third kappa shape index (κ3) is 2.48. The lowest BCUT2D eigenvalue weighted by molar-refractivity contribution is 0.0996. The summed E-state index contributed by atoms with van der Waals surface area (Å²) < 4.78 is 5.05. The van der Waals surface area contributed by atoms with E-state index >= 15 is 0 Å². The molecule has 0 unspecified atom stereocenters. The van der Waals surface area contributed by atoms with Crippen molar-refractivity contribution >= 4 is 17.2 Å². The smallest absolute Gasteiger partial charge is 0.268 e. The van der Waals surface area contributed by atoms with Gasteiger partial charge < -0.3 is 4.74 Å². The third-order valence-corrected chi connectivity index (χ3v) is 3.09. The highest BCUT2D eigenvalue weighted by Crippen LogP contribution is 2.25. The highest BCUT2D eigenvalue weighted by molar-refractivity contribution is 7.13. The second kappa shape index (κ2) is 5.31. The summed E-state index contributed by atoms with van der Waals surface area (Å²) in [6.07, 6.45) is 0. The van der Waals surface area contributed by atoms with Gasteiger partial charge in [0.05, 0.1) is 7.11 Å². The number of hydrogen-bond donors (Lipinski definition) is 0. The summed E-state index contributed by atoms with van der Waals surface area (Å²) in [5.41, 5.74) is 9.21. The van der Waals surface area contributed by atoms with Crippen molar-refractivity contribution in [2.24, 2.45) is 5.11 Å². The van der Waals surface area contributed by atoms with E-state index in [1.807, 2.05) is 24.3 Å². The van der Waals surface area contributed by atoms with Crippen LogP contribution in [0.4, 0.5) is 0 Å². The standard InChI is InChI=1S/C11H8N4O2S/c1-17-8-4-2-7(3-5-8)11-13-9(6-18-11)10(16)14-15-12/h2-6H,1H3. The highest BCUT2D eigenvalue weighted by atomic mass is 32.1. The van der Waals surface area contributed by atoms with E-state index in [4.69, 9.17) is 10.3 Å². The van der Waals surface area contributed by atoms with Crippen LogP contribution in [0.25, 0.3) is 21.0 Å². The Balaban J connectivity index is 2.28. The van der Waals surface area contributed by atoms with Gasteiger partial charge in [-0.15, -0.1) is 11.3 Å². The number of carbonyl (C=O) groups is 1. The zero-order valence-corrected chi connectivity index (χ0v) is 10.2. The number of amides is 1. The Hall–Kier alpha value is -2.37. The van der Waals surface area contributed by atoms with Gasteiger partial charge in [-0.05, 0) is 34.9 Å². The van der Waals surface area contributed by atoms with Crippen LogP contribution in [0.15, 0.2) is 34.8 Å². The maximum Gasteiger partial charge on any atom is 0.268 e. The molecule has 18 heavy (non-hydrogen) atoms. The molecule has 0 aliphatic heterocycles.